The van der Waals surface area contributed by atoms with Crippen LogP contribution in [0.25, 0.3) is 10.9 Å². The number of furan rings is 1. The normalized spacial score (nSPS) is 12.0. The van der Waals surface area contributed by atoms with Gasteiger partial charge in [-0.1, -0.05) is 6.07 Å². The number of amides is 3. The van der Waals surface area contributed by atoms with Gasteiger partial charge in [0, 0.05) is 23.1 Å². The molecule has 7 nitrogen and oxygen atoms in total. The summed E-state index contributed by atoms with van der Waals surface area (Å²) in [4.78, 5) is 27.4. The van der Waals surface area contributed by atoms with Crippen LogP contribution in [0.5, 0.6) is 0 Å². The van der Waals surface area contributed by atoms with Crippen molar-refractivity contribution in [2.24, 2.45) is 0 Å². The fourth-order valence-corrected chi connectivity index (χ4v) is 2.85. The highest BCUT2D eigenvalue weighted by atomic mass is 16.3. The smallest absolute Gasteiger partial charge is 0.315 e. The van der Waals surface area contributed by atoms with Gasteiger partial charge in [-0.2, -0.15) is 0 Å². The van der Waals surface area contributed by atoms with Crippen molar-refractivity contribution < 1.29 is 14.0 Å². The first-order valence-electron chi connectivity index (χ1n) is 8.86. The van der Waals surface area contributed by atoms with Gasteiger partial charge in [0.15, 0.2) is 0 Å². The lowest BCUT2D eigenvalue weighted by Gasteiger charge is -2.14. The van der Waals surface area contributed by atoms with Crippen molar-refractivity contribution in [3.05, 3.63) is 59.2 Å². The molecule has 0 fully saturated rings. The molecule has 0 aliphatic heterocycles. The van der Waals surface area contributed by atoms with E-state index < -0.39 is 12.1 Å². The fourth-order valence-electron chi connectivity index (χ4n) is 2.85. The Kier molecular flexibility index (Phi) is 5.49. The molecule has 7 heteroatoms. The Morgan fingerprint density at radius 2 is 1.96 bits per heavy atom. The van der Waals surface area contributed by atoms with Gasteiger partial charge >= 0.3 is 6.03 Å². The lowest BCUT2D eigenvalue weighted by molar-refractivity contribution is -0.122. The zero-order valence-electron chi connectivity index (χ0n) is 15.7. The number of benzene rings is 1. The minimum atomic E-state index is -0.656. The van der Waals surface area contributed by atoms with Gasteiger partial charge in [-0.15, -0.1) is 0 Å². The predicted octanol–water partition coefficient (Wildman–Crippen LogP) is 2.88. The van der Waals surface area contributed by atoms with Gasteiger partial charge in [0.2, 0.25) is 5.91 Å². The Morgan fingerprint density at radius 1 is 1.15 bits per heavy atom. The van der Waals surface area contributed by atoms with E-state index in [0.29, 0.717) is 12.3 Å². The predicted molar refractivity (Wildman–Crippen MR) is 103 cm³/mol. The van der Waals surface area contributed by atoms with E-state index in [4.69, 9.17) is 4.42 Å². The quantitative estimate of drug-likeness (QED) is 0.538. The summed E-state index contributed by atoms with van der Waals surface area (Å²) < 4.78 is 5.16. The first kappa shape index (κ1) is 18.6. The average Bonchev–Trinajstić information content (AvgIpc) is 3.26. The fraction of sp³-hybridized carbons (Fsp3) is 0.300. The molecule has 0 saturated heterocycles. The molecule has 1 atom stereocenters. The SMILES string of the molecule is Cc1[nH]c2ccc(CNC(=O)NC(C)C(=O)NCc3ccco3)cc2c1C. The number of hydrogen-bond acceptors (Lipinski definition) is 3. The first-order valence-corrected chi connectivity index (χ1v) is 8.86. The zero-order chi connectivity index (χ0) is 19.4. The number of aromatic nitrogens is 1. The molecule has 3 aromatic rings. The standard InChI is InChI=1S/C20H24N4O3/c1-12-13(2)23-18-7-6-15(9-17(12)18)10-22-20(26)24-14(3)19(25)21-11-16-5-4-8-27-16/h4-9,14,23H,10-11H2,1-3H3,(H,21,25)(H2,22,24,26). The van der Waals surface area contributed by atoms with Crippen molar-refractivity contribution in [2.45, 2.75) is 39.9 Å². The van der Waals surface area contributed by atoms with E-state index in [2.05, 4.69) is 33.9 Å². The number of urea groups is 1. The number of H-pyrrole nitrogens is 1. The monoisotopic (exact) mass is 368 g/mol. The summed E-state index contributed by atoms with van der Waals surface area (Å²) >= 11 is 0. The van der Waals surface area contributed by atoms with E-state index in [0.717, 1.165) is 22.2 Å². The molecule has 0 aliphatic carbocycles. The van der Waals surface area contributed by atoms with Crippen molar-refractivity contribution >= 4 is 22.8 Å². The maximum atomic E-state index is 12.1. The topological polar surface area (TPSA) is 99.2 Å². The third-order valence-corrected chi connectivity index (χ3v) is 4.58. The highest BCUT2D eigenvalue weighted by molar-refractivity contribution is 5.87. The zero-order valence-corrected chi connectivity index (χ0v) is 15.7. The molecule has 0 radical (unpaired) electrons. The molecule has 142 valence electrons. The van der Waals surface area contributed by atoms with E-state index in [1.807, 2.05) is 19.1 Å². The Bertz CT molecular complexity index is 944. The molecule has 0 bridgehead atoms. The molecule has 2 aromatic heterocycles. The van der Waals surface area contributed by atoms with Crippen molar-refractivity contribution in [1.82, 2.24) is 20.9 Å². The molecule has 1 unspecified atom stereocenters. The molecular formula is C20H24N4O3. The minimum absolute atomic E-state index is 0.276. The molecule has 4 N–H and O–H groups in total. The summed E-state index contributed by atoms with van der Waals surface area (Å²) in [6, 6.07) is 8.52. The Labute approximate surface area is 157 Å². The van der Waals surface area contributed by atoms with Crippen LogP contribution in [0.1, 0.15) is 29.5 Å². The number of carbonyl (C=O) groups is 2. The first-order chi connectivity index (χ1) is 12.9. The summed E-state index contributed by atoms with van der Waals surface area (Å²) in [6.45, 7) is 6.41. The summed E-state index contributed by atoms with van der Waals surface area (Å²) in [5.74, 6) is 0.382. The van der Waals surface area contributed by atoms with Crippen molar-refractivity contribution in [3.63, 3.8) is 0 Å². The van der Waals surface area contributed by atoms with Crippen molar-refractivity contribution in [2.75, 3.05) is 0 Å². The molecule has 0 aliphatic rings. The highest BCUT2D eigenvalue weighted by Crippen LogP contribution is 2.22. The van der Waals surface area contributed by atoms with Gasteiger partial charge in [0.25, 0.3) is 0 Å². The van der Waals surface area contributed by atoms with Gasteiger partial charge in [-0.25, -0.2) is 4.79 Å². The van der Waals surface area contributed by atoms with Crippen LogP contribution in [0.2, 0.25) is 0 Å². The lowest BCUT2D eigenvalue weighted by atomic mass is 10.1. The highest BCUT2D eigenvalue weighted by Gasteiger charge is 2.15. The van der Waals surface area contributed by atoms with Crippen LogP contribution in [0.4, 0.5) is 4.79 Å². The van der Waals surface area contributed by atoms with Crippen LogP contribution < -0.4 is 16.0 Å². The third-order valence-electron chi connectivity index (χ3n) is 4.58. The number of hydrogen-bond donors (Lipinski definition) is 4. The molecule has 1 aromatic carbocycles. The Balaban J connectivity index is 1.48. The van der Waals surface area contributed by atoms with Crippen LogP contribution in [0.15, 0.2) is 41.0 Å². The van der Waals surface area contributed by atoms with Crippen LogP contribution in [0.3, 0.4) is 0 Å². The molecular weight excluding hydrogens is 344 g/mol. The Morgan fingerprint density at radius 3 is 2.70 bits per heavy atom. The second-order valence-electron chi connectivity index (χ2n) is 6.60. The van der Waals surface area contributed by atoms with Gasteiger partial charge in [-0.05, 0) is 56.2 Å². The van der Waals surface area contributed by atoms with Crippen LogP contribution in [-0.2, 0) is 17.9 Å². The van der Waals surface area contributed by atoms with Crippen LogP contribution in [0, 0.1) is 13.8 Å². The summed E-state index contributed by atoms with van der Waals surface area (Å²) in [6.07, 6.45) is 1.55. The molecule has 0 spiro atoms. The van der Waals surface area contributed by atoms with Gasteiger partial charge in [0.05, 0.1) is 12.8 Å². The number of fused-ring (bicyclic) bond motifs is 1. The van der Waals surface area contributed by atoms with Gasteiger partial charge in [0.1, 0.15) is 11.8 Å². The molecule has 3 amide bonds. The van der Waals surface area contributed by atoms with E-state index in [9.17, 15) is 9.59 Å². The number of aromatic amines is 1. The van der Waals surface area contributed by atoms with E-state index in [1.54, 1.807) is 25.3 Å². The molecule has 3 rings (SSSR count). The lowest BCUT2D eigenvalue weighted by Crippen LogP contribution is -2.48. The van der Waals surface area contributed by atoms with E-state index in [-0.39, 0.29) is 12.5 Å². The van der Waals surface area contributed by atoms with Crippen LogP contribution in [-0.4, -0.2) is 23.0 Å². The largest absolute Gasteiger partial charge is 0.467 e. The van der Waals surface area contributed by atoms with E-state index >= 15 is 0 Å². The minimum Gasteiger partial charge on any atom is -0.467 e. The number of rotatable bonds is 6. The summed E-state index contributed by atoms with van der Waals surface area (Å²) in [7, 11) is 0. The summed E-state index contributed by atoms with van der Waals surface area (Å²) in [5, 5.41) is 9.29. The molecule has 27 heavy (non-hydrogen) atoms. The summed E-state index contributed by atoms with van der Waals surface area (Å²) in [5.41, 5.74) is 4.43. The third kappa shape index (κ3) is 4.49. The van der Waals surface area contributed by atoms with Crippen molar-refractivity contribution in [3.8, 4) is 0 Å². The second-order valence-corrected chi connectivity index (χ2v) is 6.60. The number of carbonyl (C=O) groups excluding carboxylic acids is 2. The molecule has 0 saturated carbocycles. The van der Waals surface area contributed by atoms with Gasteiger partial charge in [-0.3, -0.25) is 4.79 Å². The number of aryl methyl sites for hydroxylation is 2. The van der Waals surface area contributed by atoms with E-state index in [1.165, 1.54) is 5.56 Å². The number of nitrogens with one attached hydrogen (secondary N) is 4. The Hall–Kier alpha value is -3.22. The maximum Gasteiger partial charge on any atom is 0.315 e. The van der Waals surface area contributed by atoms with Gasteiger partial charge < -0.3 is 25.4 Å². The van der Waals surface area contributed by atoms with Crippen molar-refractivity contribution in [1.29, 1.82) is 0 Å². The van der Waals surface area contributed by atoms with Crippen LogP contribution >= 0.6 is 0 Å². The molecule has 2 heterocycles. The average molecular weight is 368 g/mol. The maximum absolute atomic E-state index is 12.1. The second kappa shape index (κ2) is 7.99.